The molecule has 0 radical (unpaired) electrons. The van der Waals surface area contributed by atoms with Crippen molar-refractivity contribution < 1.29 is 14.6 Å². The average molecular weight is 301 g/mol. The standard InChI is InChI=1S/C14H11N3O3S/c18-7-10-14(13-2-1-5-21-13)17(16-15-10)9-3-4-11-12(6-9)20-8-19-11/h1-6,18H,7-8H2. The summed E-state index contributed by atoms with van der Waals surface area (Å²) in [5.41, 5.74) is 2.16. The van der Waals surface area contributed by atoms with Gasteiger partial charge in [0.05, 0.1) is 17.2 Å². The van der Waals surface area contributed by atoms with E-state index in [1.165, 1.54) is 0 Å². The SMILES string of the molecule is OCc1nnn(-c2ccc3c(c2)OCO3)c1-c1cccs1. The third-order valence-corrected chi connectivity index (χ3v) is 4.12. The number of aliphatic hydroxyl groups excluding tert-OH is 1. The predicted octanol–water partition coefficient (Wildman–Crippen LogP) is 2.22. The van der Waals surface area contributed by atoms with E-state index in [-0.39, 0.29) is 13.4 Å². The molecule has 1 aliphatic rings. The molecular weight excluding hydrogens is 290 g/mol. The summed E-state index contributed by atoms with van der Waals surface area (Å²) in [6.07, 6.45) is 0. The van der Waals surface area contributed by atoms with Crippen LogP contribution in [-0.2, 0) is 6.61 Å². The lowest BCUT2D eigenvalue weighted by Gasteiger charge is -2.07. The van der Waals surface area contributed by atoms with E-state index in [0.717, 1.165) is 22.0 Å². The van der Waals surface area contributed by atoms with Gasteiger partial charge in [0.25, 0.3) is 0 Å². The summed E-state index contributed by atoms with van der Waals surface area (Å²) in [4.78, 5) is 1.00. The number of ether oxygens (including phenoxy) is 2. The topological polar surface area (TPSA) is 69.4 Å². The van der Waals surface area contributed by atoms with Crippen molar-refractivity contribution in [3.63, 3.8) is 0 Å². The number of rotatable bonds is 3. The van der Waals surface area contributed by atoms with Crippen LogP contribution in [0.1, 0.15) is 5.69 Å². The van der Waals surface area contributed by atoms with Crippen LogP contribution >= 0.6 is 11.3 Å². The molecule has 106 valence electrons. The van der Waals surface area contributed by atoms with Gasteiger partial charge in [0.15, 0.2) is 11.5 Å². The summed E-state index contributed by atoms with van der Waals surface area (Å²) in [5, 5.41) is 19.7. The molecule has 0 atom stereocenters. The minimum atomic E-state index is -0.155. The van der Waals surface area contributed by atoms with Crippen LogP contribution in [0.5, 0.6) is 11.5 Å². The summed E-state index contributed by atoms with van der Waals surface area (Å²) in [5.74, 6) is 1.41. The molecule has 1 aliphatic heterocycles. The number of aromatic nitrogens is 3. The van der Waals surface area contributed by atoms with Crippen molar-refractivity contribution in [2.75, 3.05) is 6.79 Å². The molecule has 0 amide bonds. The molecule has 0 spiro atoms. The summed E-state index contributed by atoms with van der Waals surface area (Å²) in [6, 6.07) is 9.52. The normalized spacial score (nSPS) is 12.8. The molecule has 0 saturated heterocycles. The molecule has 0 bridgehead atoms. The molecule has 0 fully saturated rings. The Morgan fingerprint density at radius 1 is 1.24 bits per heavy atom. The van der Waals surface area contributed by atoms with Crippen LogP contribution in [0.2, 0.25) is 0 Å². The van der Waals surface area contributed by atoms with Crippen molar-refractivity contribution in [2.24, 2.45) is 0 Å². The lowest BCUT2D eigenvalue weighted by atomic mass is 10.2. The zero-order valence-electron chi connectivity index (χ0n) is 10.9. The second kappa shape index (κ2) is 4.87. The molecule has 3 heterocycles. The number of benzene rings is 1. The molecule has 1 aromatic carbocycles. The second-order valence-electron chi connectivity index (χ2n) is 4.47. The Bertz CT molecular complexity index is 783. The first-order valence-corrected chi connectivity index (χ1v) is 7.24. The van der Waals surface area contributed by atoms with Crippen LogP contribution in [0.3, 0.4) is 0 Å². The Labute approximate surface area is 124 Å². The summed E-state index contributed by atoms with van der Waals surface area (Å²) < 4.78 is 12.4. The van der Waals surface area contributed by atoms with E-state index >= 15 is 0 Å². The van der Waals surface area contributed by atoms with Crippen molar-refractivity contribution >= 4 is 11.3 Å². The minimum Gasteiger partial charge on any atom is -0.454 e. The summed E-state index contributed by atoms with van der Waals surface area (Å²) >= 11 is 1.58. The maximum Gasteiger partial charge on any atom is 0.231 e. The highest BCUT2D eigenvalue weighted by atomic mass is 32.1. The van der Waals surface area contributed by atoms with Crippen molar-refractivity contribution in [3.8, 4) is 27.8 Å². The van der Waals surface area contributed by atoms with Gasteiger partial charge in [-0.1, -0.05) is 11.3 Å². The van der Waals surface area contributed by atoms with Gasteiger partial charge in [0.1, 0.15) is 11.4 Å². The van der Waals surface area contributed by atoms with Crippen LogP contribution in [0.25, 0.3) is 16.3 Å². The highest BCUT2D eigenvalue weighted by Crippen LogP contribution is 2.35. The smallest absolute Gasteiger partial charge is 0.231 e. The molecule has 0 aliphatic carbocycles. The van der Waals surface area contributed by atoms with Crippen LogP contribution < -0.4 is 9.47 Å². The molecule has 7 heteroatoms. The lowest BCUT2D eigenvalue weighted by molar-refractivity contribution is 0.174. The first kappa shape index (κ1) is 12.4. The van der Waals surface area contributed by atoms with Crippen LogP contribution in [0, 0.1) is 0 Å². The fraction of sp³-hybridized carbons (Fsp3) is 0.143. The van der Waals surface area contributed by atoms with Crippen molar-refractivity contribution in [1.29, 1.82) is 0 Å². The quantitative estimate of drug-likeness (QED) is 0.803. The zero-order valence-corrected chi connectivity index (χ0v) is 11.7. The molecule has 2 aromatic heterocycles. The molecule has 21 heavy (non-hydrogen) atoms. The molecular formula is C14H11N3O3S. The number of aliphatic hydroxyl groups is 1. The summed E-state index contributed by atoms with van der Waals surface area (Å²) in [7, 11) is 0. The van der Waals surface area contributed by atoms with E-state index in [0.29, 0.717) is 11.4 Å². The Hall–Kier alpha value is -2.38. The number of hydrogen-bond acceptors (Lipinski definition) is 6. The Morgan fingerprint density at radius 2 is 2.14 bits per heavy atom. The predicted molar refractivity (Wildman–Crippen MR) is 76.7 cm³/mol. The average Bonchev–Trinajstić information content (AvgIpc) is 3.24. The monoisotopic (exact) mass is 301 g/mol. The van der Waals surface area contributed by atoms with Crippen LogP contribution in [0.4, 0.5) is 0 Å². The lowest BCUT2D eigenvalue weighted by Crippen LogP contribution is -1.99. The van der Waals surface area contributed by atoms with Gasteiger partial charge >= 0.3 is 0 Å². The largest absolute Gasteiger partial charge is 0.454 e. The molecule has 0 saturated carbocycles. The molecule has 4 rings (SSSR count). The van der Waals surface area contributed by atoms with Gasteiger partial charge in [0, 0.05) is 6.07 Å². The second-order valence-corrected chi connectivity index (χ2v) is 5.42. The highest BCUT2D eigenvalue weighted by Gasteiger charge is 2.19. The highest BCUT2D eigenvalue weighted by molar-refractivity contribution is 7.13. The third-order valence-electron chi connectivity index (χ3n) is 3.25. The van der Waals surface area contributed by atoms with E-state index in [4.69, 9.17) is 9.47 Å². The van der Waals surface area contributed by atoms with Gasteiger partial charge in [-0.2, -0.15) is 0 Å². The van der Waals surface area contributed by atoms with Crippen molar-refractivity contribution in [1.82, 2.24) is 15.0 Å². The van der Waals surface area contributed by atoms with Crippen LogP contribution in [-0.4, -0.2) is 26.9 Å². The molecule has 3 aromatic rings. The fourth-order valence-corrected chi connectivity index (χ4v) is 3.05. The zero-order chi connectivity index (χ0) is 14.2. The van der Waals surface area contributed by atoms with E-state index < -0.39 is 0 Å². The van der Waals surface area contributed by atoms with E-state index in [1.807, 2.05) is 35.7 Å². The van der Waals surface area contributed by atoms with Gasteiger partial charge in [-0.25, -0.2) is 4.68 Å². The Balaban J connectivity index is 1.87. The summed E-state index contributed by atoms with van der Waals surface area (Å²) in [6.45, 7) is 0.0770. The maximum atomic E-state index is 9.48. The minimum absolute atomic E-state index is 0.155. The van der Waals surface area contributed by atoms with Gasteiger partial charge in [-0.05, 0) is 23.6 Å². The Morgan fingerprint density at radius 3 is 2.95 bits per heavy atom. The first-order valence-electron chi connectivity index (χ1n) is 6.36. The first-order chi connectivity index (χ1) is 10.4. The van der Waals surface area contributed by atoms with Crippen molar-refractivity contribution in [2.45, 2.75) is 6.61 Å². The number of fused-ring (bicyclic) bond motifs is 1. The fourth-order valence-electron chi connectivity index (χ4n) is 2.28. The maximum absolute atomic E-state index is 9.48. The van der Waals surface area contributed by atoms with Gasteiger partial charge in [-0.15, -0.1) is 16.4 Å². The Kier molecular flexibility index (Phi) is 2.87. The number of nitrogens with zero attached hydrogens (tertiary/aromatic N) is 3. The third kappa shape index (κ3) is 1.98. The van der Waals surface area contributed by atoms with E-state index in [1.54, 1.807) is 16.0 Å². The van der Waals surface area contributed by atoms with Gasteiger partial charge in [-0.3, -0.25) is 0 Å². The van der Waals surface area contributed by atoms with Crippen molar-refractivity contribution in [3.05, 3.63) is 41.4 Å². The number of hydrogen-bond donors (Lipinski definition) is 1. The van der Waals surface area contributed by atoms with Gasteiger partial charge < -0.3 is 14.6 Å². The van der Waals surface area contributed by atoms with Crippen LogP contribution in [0.15, 0.2) is 35.7 Å². The molecule has 0 unspecified atom stereocenters. The number of thiophene rings is 1. The van der Waals surface area contributed by atoms with Gasteiger partial charge in [0.2, 0.25) is 6.79 Å². The van der Waals surface area contributed by atoms with E-state index in [9.17, 15) is 5.11 Å². The molecule has 6 nitrogen and oxygen atoms in total. The molecule has 1 N–H and O–H groups in total. The van der Waals surface area contributed by atoms with E-state index in [2.05, 4.69) is 10.3 Å².